The Kier molecular flexibility index (Phi) is 4.02. The lowest BCUT2D eigenvalue weighted by Crippen LogP contribution is -2.01. The normalized spacial score (nSPS) is 11.4. The summed E-state index contributed by atoms with van der Waals surface area (Å²) in [5.41, 5.74) is 0.263. The molecule has 0 aliphatic heterocycles. The lowest BCUT2D eigenvalue weighted by molar-refractivity contribution is 0.0692. The fourth-order valence-electron chi connectivity index (χ4n) is 1.81. The Hall–Kier alpha value is -1.92. The van der Waals surface area contributed by atoms with Crippen molar-refractivity contribution in [3.05, 3.63) is 52.8 Å². The Balaban J connectivity index is 2.53. The summed E-state index contributed by atoms with van der Waals surface area (Å²) in [5.74, 6) is -2.32. The van der Waals surface area contributed by atoms with Crippen molar-refractivity contribution in [2.45, 2.75) is 4.90 Å². The minimum absolute atomic E-state index is 0.0703. The van der Waals surface area contributed by atoms with Gasteiger partial charge in [-0.05, 0) is 29.8 Å². The number of rotatable bonds is 3. The van der Waals surface area contributed by atoms with E-state index in [2.05, 4.69) is 0 Å². The van der Waals surface area contributed by atoms with Gasteiger partial charge in [-0.3, -0.25) is 0 Å². The van der Waals surface area contributed by atoms with E-state index in [1.807, 2.05) is 0 Å². The van der Waals surface area contributed by atoms with Gasteiger partial charge in [0.25, 0.3) is 0 Å². The first-order valence-corrected chi connectivity index (χ1v) is 8.00. The van der Waals surface area contributed by atoms with Crippen molar-refractivity contribution in [2.24, 2.45) is 0 Å². The van der Waals surface area contributed by atoms with E-state index in [0.717, 1.165) is 18.4 Å². The van der Waals surface area contributed by atoms with Crippen LogP contribution in [-0.2, 0) is 9.84 Å². The molecule has 1 N–H and O–H groups in total. The second-order valence-corrected chi connectivity index (χ2v) is 6.84. The second kappa shape index (κ2) is 5.46. The first-order chi connectivity index (χ1) is 9.70. The molecule has 21 heavy (non-hydrogen) atoms. The molecule has 110 valence electrons. The first kappa shape index (κ1) is 15.5. The average molecular weight is 329 g/mol. The number of sulfone groups is 1. The molecular formula is C14H10ClFO4S. The van der Waals surface area contributed by atoms with E-state index in [1.54, 1.807) is 0 Å². The Morgan fingerprint density at radius 1 is 1.19 bits per heavy atom. The predicted octanol–water partition coefficient (Wildman–Crippen LogP) is 3.25. The molecule has 0 bridgehead atoms. The van der Waals surface area contributed by atoms with Crippen LogP contribution >= 0.6 is 11.6 Å². The molecular weight excluding hydrogens is 319 g/mol. The molecule has 0 unspecified atom stereocenters. The van der Waals surface area contributed by atoms with Gasteiger partial charge in [0.1, 0.15) is 5.82 Å². The predicted molar refractivity (Wildman–Crippen MR) is 76.9 cm³/mol. The Labute approximate surface area is 125 Å². The fourth-order valence-corrected chi connectivity index (χ4v) is 2.72. The van der Waals surface area contributed by atoms with E-state index in [-0.39, 0.29) is 9.92 Å². The SMILES string of the molecule is CS(=O)(=O)c1ccc(-c2cc(F)c(C(=O)O)cc2Cl)cc1. The highest BCUT2D eigenvalue weighted by molar-refractivity contribution is 7.90. The molecule has 0 amide bonds. The number of carbonyl (C=O) groups is 1. The smallest absolute Gasteiger partial charge is 0.338 e. The molecule has 7 heteroatoms. The van der Waals surface area contributed by atoms with Crippen LogP contribution in [0, 0.1) is 5.82 Å². The van der Waals surface area contributed by atoms with Crippen LogP contribution in [0.15, 0.2) is 41.3 Å². The van der Waals surface area contributed by atoms with Crippen molar-refractivity contribution in [3.8, 4) is 11.1 Å². The number of carboxylic acids is 1. The van der Waals surface area contributed by atoms with Crippen LogP contribution in [-0.4, -0.2) is 25.7 Å². The monoisotopic (exact) mass is 328 g/mol. The summed E-state index contributed by atoms with van der Waals surface area (Å²) < 4.78 is 36.4. The fraction of sp³-hybridized carbons (Fsp3) is 0.0714. The number of benzene rings is 2. The zero-order valence-corrected chi connectivity index (χ0v) is 12.4. The number of hydrogen-bond donors (Lipinski definition) is 1. The highest BCUT2D eigenvalue weighted by Gasteiger charge is 2.15. The van der Waals surface area contributed by atoms with E-state index in [9.17, 15) is 17.6 Å². The van der Waals surface area contributed by atoms with Gasteiger partial charge in [0.15, 0.2) is 9.84 Å². The van der Waals surface area contributed by atoms with Crippen molar-refractivity contribution < 1.29 is 22.7 Å². The first-order valence-electron chi connectivity index (χ1n) is 5.73. The van der Waals surface area contributed by atoms with Gasteiger partial charge < -0.3 is 5.11 Å². The largest absolute Gasteiger partial charge is 0.478 e. The summed E-state index contributed by atoms with van der Waals surface area (Å²) in [7, 11) is -3.32. The third-order valence-electron chi connectivity index (χ3n) is 2.88. The van der Waals surface area contributed by atoms with Crippen molar-refractivity contribution in [1.82, 2.24) is 0 Å². The number of halogens is 2. The molecule has 0 atom stereocenters. The number of carboxylic acid groups (broad SMARTS) is 1. The summed E-state index contributed by atoms with van der Waals surface area (Å²) in [6, 6.07) is 7.77. The third-order valence-corrected chi connectivity index (χ3v) is 4.32. The Morgan fingerprint density at radius 3 is 2.24 bits per heavy atom. The van der Waals surface area contributed by atoms with Crippen LogP contribution < -0.4 is 0 Å². The molecule has 0 saturated heterocycles. The number of hydrogen-bond acceptors (Lipinski definition) is 3. The molecule has 0 aliphatic carbocycles. The maximum atomic E-state index is 13.7. The van der Waals surface area contributed by atoms with Gasteiger partial charge in [0.2, 0.25) is 0 Å². The van der Waals surface area contributed by atoms with Crippen LogP contribution in [0.25, 0.3) is 11.1 Å². The maximum Gasteiger partial charge on any atom is 0.338 e. The average Bonchev–Trinajstić information content (AvgIpc) is 2.40. The summed E-state index contributed by atoms with van der Waals surface area (Å²) in [4.78, 5) is 10.9. The van der Waals surface area contributed by atoms with Crippen molar-refractivity contribution >= 4 is 27.4 Å². The maximum absolute atomic E-state index is 13.7. The van der Waals surface area contributed by atoms with Crippen molar-refractivity contribution in [1.29, 1.82) is 0 Å². The van der Waals surface area contributed by atoms with Gasteiger partial charge in [-0.15, -0.1) is 0 Å². The third kappa shape index (κ3) is 3.22. The summed E-state index contributed by atoms with van der Waals surface area (Å²) in [6.07, 6.45) is 1.08. The summed E-state index contributed by atoms with van der Waals surface area (Å²) in [5, 5.41) is 8.88. The van der Waals surface area contributed by atoms with Gasteiger partial charge in [-0.1, -0.05) is 23.7 Å². The van der Waals surface area contributed by atoms with Crippen LogP contribution in [0.3, 0.4) is 0 Å². The Bertz CT molecular complexity index is 814. The minimum atomic E-state index is -3.32. The van der Waals surface area contributed by atoms with Gasteiger partial charge in [0, 0.05) is 16.8 Å². The molecule has 0 spiro atoms. The van der Waals surface area contributed by atoms with Gasteiger partial charge in [-0.25, -0.2) is 17.6 Å². The van der Waals surface area contributed by atoms with E-state index >= 15 is 0 Å². The number of aromatic carboxylic acids is 1. The molecule has 0 aromatic heterocycles. The second-order valence-electron chi connectivity index (χ2n) is 4.41. The quantitative estimate of drug-likeness (QED) is 0.938. The minimum Gasteiger partial charge on any atom is -0.478 e. The lowest BCUT2D eigenvalue weighted by atomic mass is 10.0. The molecule has 2 rings (SSSR count). The van der Waals surface area contributed by atoms with Gasteiger partial charge in [-0.2, -0.15) is 0 Å². The van der Waals surface area contributed by atoms with Crippen LogP contribution in [0.1, 0.15) is 10.4 Å². The topological polar surface area (TPSA) is 71.4 Å². The van der Waals surface area contributed by atoms with Crippen LogP contribution in [0.2, 0.25) is 5.02 Å². The zero-order valence-electron chi connectivity index (χ0n) is 10.8. The molecule has 4 nitrogen and oxygen atoms in total. The van der Waals surface area contributed by atoms with Gasteiger partial charge >= 0.3 is 5.97 Å². The van der Waals surface area contributed by atoms with E-state index in [0.29, 0.717) is 11.1 Å². The van der Waals surface area contributed by atoms with E-state index in [4.69, 9.17) is 16.7 Å². The summed E-state index contributed by atoms with van der Waals surface area (Å²) >= 11 is 5.96. The molecule has 0 radical (unpaired) electrons. The Morgan fingerprint density at radius 2 is 1.76 bits per heavy atom. The standard InChI is InChI=1S/C14H10ClFO4S/c1-21(19,20)9-4-2-8(3-5-9)10-7-13(16)11(14(17)18)6-12(10)15/h2-7H,1H3,(H,17,18). The van der Waals surface area contributed by atoms with Crippen LogP contribution in [0.5, 0.6) is 0 Å². The molecule has 0 fully saturated rings. The summed E-state index contributed by atoms with van der Waals surface area (Å²) in [6.45, 7) is 0. The molecule has 0 saturated carbocycles. The van der Waals surface area contributed by atoms with Crippen LogP contribution in [0.4, 0.5) is 4.39 Å². The molecule has 0 aliphatic rings. The molecule has 2 aromatic carbocycles. The van der Waals surface area contributed by atoms with E-state index < -0.39 is 27.2 Å². The molecule has 0 heterocycles. The highest BCUT2D eigenvalue weighted by atomic mass is 35.5. The van der Waals surface area contributed by atoms with Crippen molar-refractivity contribution in [3.63, 3.8) is 0 Å². The lowest BCUT2D eigenvalue weighted by Gasteiger charge is -2.08. The highest BCUT2D eigenvalue weighted by Crippen LogP contribution is 2.31. The molecule has 2 aromatic rings. The van der Waals surface area contributed by atoms with Crippen molar-refractivity contribution in [2.75, 3.05) is 6.26 Å². The zero-order chi connectivity index (χ0) is 15.8. The van der Waals surface area contributed by atoms with E-state index in [1.165, 1.54) is 24.3 Å². The van der Waals surface area contributed by atoms with Gasteiger partial charge in [0.05, 0.1) is 10.5 Å².